The van der Waals surface area contributed by atoms with Crippen LogP contribution in [0.25, 0.3) is 6.08 Å². The van der Waals surface area contributed by atoms with Crippen LogP contribution >= 0.6 is 24.0 Å². The lowest BCUT2D eigenvalue weighted by Crippen LogP contribution is -2.48. The van der Waals surface area contributed by atoms with Crippen molar-refractivity contribution >= 4 is 46.3 Å². The number of aliphatic carboxylic acids is 1. The molecule has 1 aromatic carbocycles. The van der Waals surface area contributed by atoms with E-state index in [2.05, 4.69) is 0 Å². The molecule has 108 valence electrons. The number of hydrogen-bond donors (Lipinski definition) is 0. The van der Waals surface area contributed by atoms with Gasteiger partial charge in [-0.05, 0) is 18.6 Å². The van der Waals surface area contributed by atoms with Crippen molar-refractivity contribution in [2.24, 2.45) is 0 Å². The van der Waals surface area contributed by atoms with Crippen molar-refractivity contribution in [3.8, 4) is 0 Å². The number of thiocarbonyl (C=S) groups is 1. The molecule has 0 bridgehead atoms. The summed E-state index contributed by atoms with van der Waals surface area (Å²) >= 11 is 6.14. The number of allylic oxidation sites excluding steroid dienone is 2. The van der Waals surface area contributed by atoms with Gasteiger partial charge in [0.05, 0.1) is 16.9 Å². The number of carboxylic acid groups (broad SMARTS) is 1. The van der Waals surface area contributed by atoms with Crippen molar-refractivity contribution in [2.75, 3.05) is 0 Å². The van der Waals surface area contributed by atoms with Crippen LogP contribution in [0.3, 0.4) is 0 Å². The summed E-state index contributed by atoms with van der Waals surface area (Å²) in [5.41, 5.74) is 1.01. The standard InChI is InChI=1S/C15H13NO3S2/c1-10(14(18)19)16-13(17)12(21-15(16)20)9-5-8-11-6-3-2-4-7-11/h2-10H,1H3,(H,18,19)/p-1/t10-/m0/s1. The molecule has 0 radical (unpaired) electrons. The molecule has 1 fully saturated rings. The van der Waals surface area contributed by atoms with Crippen molar-refractivity contribution in [3.05, 3.63) is 53.0 Å². The van der Waals surface area contributed by atoms with Crippen molar-refractivity contribution in [1.82, 2.24) is 4.90 Å². The minimum Gasteiger partial charge on any atom is -0.548 e. The highest BCUT2D eigenvalue weighted by molar-refractivity contribution is 8.26. The third-order valence-corrected chi connectivity index (χ3v) is 4.24. The minimum absolute atomic E-state index is 0.232. The van der Waals surface area contributed by atoms with Gasteiger partial charge in [0.25, 0.3) is 5.91 Å². The average Bonchev–Trinajstić information content (AvgIpc) is 2.74. The number of hydrogen-bond acceptors (Lipinski definition) is 5. The molecule has 0 aliphatic carbocycles. The van der Waals surface area contributed by atoms with Crippen LogP contribution < -0.4 is 5.11 Å². The summed E-state index contributed by atoms with van der Waals surface area (Å²) in [4.78, 5) is 24.5. The zero-order valence-electron chi connectivity index (χ0n) is 11.2. The second-order valence-electron chi connectivity index (χ2n) is 4.34. The number of benzene rings is 1. The van der Waals surface area contributed by atoms with Crippen molar-refractivity contribution in [3.63, 3.8) is 0 Å². The third kappa shape index (κ3) is 3.59. The Kier molecular flexibility index (Phi) is 4.93. The Labute approximate surface area is 132 Å². The van der Waals surface area contributed by atoms with Gasteiger partial charge in [0, 0.05) is 0 Å². The van der Waals surface area contributed by atoms with Crippen LogP contribution in [0.5, 0.6) is 0 Å². The molecule has 1 aromatic rings. The fraction of sp³-hybridized carbons (Fsp3) is 0.133. The quantitative estimate of drug-likeness (QED) is 0.623. The molecule has 1 atom stereocenters. The SMILES string of the molecule is C[C@@H](C(=O)[O-])N1C(=O)C(=CC=Cc2ccccc2)SC1=S. The van der Waals surface area contributed by atoms with Crippen LogP contribution in [0.15, 0.2) is 47.4 Å². The molecule has 1 heterocycles. The largest absolute Gasteiger partial charge is 0.548 e. The van der Waals surface area contributed by atoms with E-state index in [4.69, 9.17) is 12.2 Å². The van der Waals surface area contributed by atoms with Crippen molar-refractivity contribution in [2.45, 2.75) is 13.0 Å². The van der Waals surface area contributed by atoms with Gasteiger partial charge in [-0.25, -0.2) is 0 Å². The number of carbonyl (C=O) groups is 2. The summed E-state index contributed by atoms with van der Waals surface area (Å²) in [5.74, 6) is -1.73. The summed E-state index contributed by atoms with van der Waals surface area (Å²) < 4.78 is 0.232. The first kappa shape index (κ1) is 15.5. The van der Waals surface area contributed by atoms with Crippen LogP contribution in [-0.2, 0) is 9.59 Å². The predicted molar refractivity (Wildman–Crippen MR) is 85.1 cm³/mol. The maximum atomic E-state index is 12.1. The predicted octanol–water partition coefficient (Wildman–Crippen LogP) is 1.58. The topological polar surface area (TPSA) is 60.4 Å². The van der Waals surface area contributed by atoms with E-state index >= 15 is 0 Å². The maximum absolute atomic E-state index is 12.1. The number of thioether (sulfide) groups is 1. The molecule has 1 aliphatic heterocycles. The molecule has 0 aromatic heterocycles. The molecule has 6 heteroatoms. The summed E-state index contributed by atoms with van der Waals surface area (Å²) in [7, 11) is 0. The van der Waals surface area contributed by atoms with Gasteiger partial charge in [-0.1, -0.05) is 66.5 Å². The monoisotopic (exact) mass is 318 g/mol. The van der Waals surface area contributed by atoms with Crippen molar-refractivity contribution < 1.29 is 14.7 Å². The number of amides is 1. The Hall–Kier alpha value is -1.92. The van der Waals surface area contributed by atoms with E-state index in [1.165, 1.54) is 6.92 Å². The third-order valence-electron chi connectivity index (χ3n) is 2.89. The second kappa shape index (κ2) is 6.69. The Morgan fingerprint density at radius 1 is 1.38 bits per heavy atom. The van der Waals surface area contributed by atoms with Crippen LogP contribution in [-0.4, -0.2) is 27.1 Å². The van der Waals surface area contributed by atoms with E-state index in [1.807, 2.05) is 36.4 Å². The van der Waals surface area contributed by atoms with Crippen LogP contribution in [0, 0.1) is 0 Å². The van der Waals surface area contributed by atoms with E-state index < -0.39 is 17.9 Å². The molecule has 1 saturated heterocycles. The van der Waals surface area contributed by atoms with Gasteiger partial charge in [-0.3, -0.25) is 9.69 Å². The van der Waals surface area contributed by atoms with Gasteiger partial charge in [-0.2, -0.15) is 0 Å². The first-order chi connectivity index (χ1) is 10.0. The second-order valence-corrected chi connectivity index (χ2v) is 6.01. The Bertz CT molecular complexity index is 638. The zero-order chi connectivity index (χ0) is 15.4. The Morgan fingerprint density at radius 2 is 2.05 bits per heavy atom. The van der Waals surface area contributed by atoms with Gasteiger partial charge >= 0.3 is 0 Å². The van der Waals surface area contributed by atoms with Gasteiger partial charge < -0.3 is 9.90 Å². The van der Waals surface area contributed by atoms with E-state index in [0.29, 0.717) is 4.91 Å². The van der Waals surface area contributed by atoms with E-state index in [1.54, 1.807) is 12.2 Å². The molecule has 0 N–H and O–H groups in total. The van der Waals surface area contributed by atoms with Crippen molar-refractivity contribution in [1.29, 1.82) is 0 Å². The van der Waals surface area contributed by atoms with E-state index in [-0.39, 0.29) is 4.32 Å². The fourth-order valence-corrected chi connectivity index (χ4v) is 3.11. The molecule has 21 heavy (non-hydrogen) atoms. The fourth-order valence-electron chi connectivity index (χ4n) is 1.74. The number of carbonyl (C=O) groups excluding carboxylic acids is 2. The Morgan fingerprint density at radius 3 is 2.67 bits per heavy atom. The first-order valence-electron chi connectivity index (χ1n) is 6.20. The molecular weight excluding hydrogens is 306 g/mol. The van der Waals surface area contributed by atoms with Crippen LogP contribution in [0.2, 0.25) is 0 Å². The summed E-state index contributed by atoms with van der Waals surface area (Å²) in [6, 6.07) is 8.56. The molecule has 0 saturated carbocycles. The smallest absolute Gasteiger partial charge is 0.266 e. The summed E-state index contributed by atoms with van der Waals surface area (Å²) in [5, 5.41) is 10.9. The minimum atomic E-state index is -1.33. The van der Waals surface area contributed by atoms with Gasteiger partial charge in [0.2, 0.25) is 0 Å². The molecule has 4 nitrogen and oxygen atoms in total. The molecular formula is C15H12NO3S2-. The average molecular weight is 318 g/mol. The summed E-state index contributed by atoms with van der Waals surface area (Å²) in [6.07, 6.45) is 5.23. The molecule has 0 spiro atoms. The molecule has 1 amide bonds. The lowest BCUT2D eigenvalue weighted by atomic mass is 10.2. The molecule has 1 aliphatic rings. The lowest BCUT2D eigenvalue weighted by molar-refractivity contribution is -0.309. The molecule has 0 unspecified atom stereocenters. The normalized spacial score (nSPS) is 18.7. The molecule has 2 rings (SSSR count). The summed E-state index contributed by atoms with van der Waals surface area (Å²) in [6.45, 7) is 1.38. The van der Waals surface area contributed by atoms with E-state index in [0.717, 1.165) is 22.2 Å². The van der Waals surface area contributed by atoms with E-state index in [9.17, 15) is 14.7 Å². The Balaban J connectivity index is 2.14. The van der Waals surface area contributed by atoms with Gasteiger partial charge in [-0.15, -0.1) is 0 Å². The highest BCUT2D eigenvalue weighted by Crippen LogP contribution is 2.32. The highest BCUT2D eigenvalue weighted by Gasteiger charge is 2.35. The van der Waals surface area contributed by atoms with Crippen LogP contribution in [0.4, 0.5) is 0 Å². The first-order valence-corrected chi connectivity index (χ1v) is 7.43. The van der Waals surface area contributed by atoms with Gasteiger partial charge in [0.15, 0.2) is 0 Å². The number of carboxylic acids is 1. The van der Waals surface area contributed by atoms with Gasteiger partial charge in [0.1, 0.15) is 4.32 Å². The highest BCUT2D eigenvalue weighted by atomic mass is 32.2. The lowest BCUT2D eigenvalue weighted by Gasteiger charge is -2.23. The van der Waals surface area contributed by atoms with Crippen LogP contribution in [0.1, 0.15) is 12.5 Å². The number of rotatable bonds is 4. The number of nitrogens with zero attached hydrogens (tertiary/aromatic N) is 1. The maximum Gasteiger partial charge on any atom is 0.266 e. The zero-order valence-corrected chi connectivity index (χ0v) is 12.8.